The van der Waals surface area contributed by atoms with Crippen LogP contribution in [0.25, 0.3) is 0 Å². The summed E-state index contributed by atoms with van der Waals surface area (Å²) in [5, 5.41) is 2.80. The van der Waals surface area contributed by atoms with Gasteiger partial charge in [-0.15, -0.1) is 0 Å². The number of aryl methyl sites for hydroxylation is 1. The van der Waals surface area contributed by atoms with Crippen molar-refractivity contribution in [3.05, 3.63) is 70.8 Å². The van der Waals surface area contributed by atoms with Crippen LogP contribution >= 0.6 is 0 Å². The predicted octanol–water partition coefficient (Wildman–Crippen LogP) is 3.69. The van der Waals surface area contributed by atoms with Crippen molar-refractivity contribution in [1.29, 1.82) is 0 Å². The van der Waals surface area contributed by atoms with E-state index in [2.05, 4.69) is 5.32 Å². The molecule has 2 aromatic rings. The highest BCUT2D eigenvalue weighted by Gasteiger charge is 2.44. The summed E-state index contributed by atoms with van der Waals surface area (Å²) in [6.45, 7) is 1.98. The fourth-order valence-corrected chi connectivity index (χ4v) is 2.67. The van der Waals surface area contributed by atoms with Crippen LogP contribution < -0.4 is 5.32 Å². The molecular formula is C18H17F2NO. The number of nitrogens with one attached hydrogen (secondary N) is 1. The number of hydrogen-bond donors (Lipinski definition) is 1. The second-order valence-electron chi connectivity index (χ2n) is 5.77. The van der Waals surface area contributed by atoms with Gasteiger partial charge >= 0.3 is 0 Å². The van der Waals surface area contributed by atoms with Gasteiger partial charge in [-0.25, -0.2) is 8.78 Å². The van der Waals surface area contributed by atoms with Gasteiger partial charge in [0.1, 0.15) is 11.6 Å². The zero-order valence-electron chi connectivity index (χ0n) is 12.3. The predicted molar refractivity (Wildman–Crippen MR) is 80.2 cm³/mol. The Morgan fingerprint density at radius 1 is 1.18 bits per heavy atom. The van der Waals surface area contributed by atoms with Gasteiger partial charge in [-0.2, -0.15) is 0 Å². The molecule has 1 aliphatic carbocycles. The summed E-state index contributed by atoms with van der Waals surface area (Å²) in [5.74, 6) is -0.872. The quantitative estimate of drug-likeness (QED) is 0.917. The lowest BCUT2D eigenvalue weighted by molar-refractivity contribution is -0.122. The molecule has 2 atom stereocenters. The summed E-state index contributed by atoms with van der Waals surface area (Å²) in [7, 11) is 0. The Balaban J connectivity index is 1.58. The Morgan fingerprint density at radius 2 is 1.95 bits per heavy atom. The fraction of sp³-hybridized carbons (Fsp3) is 0.278. The maximum Gasteiger partial charge on any atom is 0.224 e. The van der Waals surface area contributed by atoms with E-state index >= 15 is 0 Å². The Labute approximate surface area is 128 Å². The summed E-state index contributed by atoms with van der Waals surface area (Å²) in [6.07, 6.45) is 0.662. The highest BCUT2D eigenvalue weighted by molar-refractivity contribution is 5.82. The zero-order chi connectivity index (χ0) is 15.7. The minimum Gasteiger partial charge on any atom is -0.352 e. The molecule has 3 rings (SSSR count). The lowest BCUT2D eigenvalue weighted by Gasteiger charge is -2.07. The molecule has 0 aromatic heterocycles. The Hall–Kier alpha value is -2.23. The topological polar surface area (TPSA) is 29.1 Å². The molecule has 0 bridgehead atoms. The largest absolute Gasteiger partial charge is 0.352 e. The van der Waals surface area contributed by atoms with Crippen LogP contribution in [0.5, 0.6) is 0 Å². The van der Waals surface area contributed by atoms with E-state index in [0.717, 1.165) is 5.56 Å². The SMILES string of the molecule is Cc1ccc(CNC(=O)C2CC2c2ccccc2F)cc1F. The third-order valence-corrected chi connectivity index (χ3v) is 4.13. The molecule has 0 aliphatic heterocycles. The summed E-state index contributed by atoms with van der Waals surface area (Å²) in [4.78, 5) is 12.1. The summed E-state index contributed by atoms with van der Waals surface area (Å²) < 4.78 is 27.1. The van der Waals surface area contributed by atoms with Gasteiger partial charge in [-0.1, -0.05) is 30.3 Å². The average Bonchev–Trinajstić information content (AvgIpc) is 3.29. The first-order valence-corrected chi connectivity index (χ1v) is 7.33. The molecule has 22 heavy (non-hydrogen) atoms. The second-order valence-corrected chi connectivity index (χ2v) is 5.77. The van der Waals surface area contributed by atoms with Gasteiger partial charge in [0.05, 0.1) is 0 Å². The number of amides is 1. The summed E-state index contributed by atoms with van der Waals surface area (Å²) in [5.41, 5.74) is 1.90. The van der Waals surface area contributed by atoms with E-state index < -0.39 is 0 Å². The van der Waals surface area contributed by atoms with E-state index in [1.165, 1.54) is 12.1 Å². The Bertz CT molecular complexity index is 714. The normalized spacial score (nSPS) is 19.8. The van der Waals surface area contributed by atoms with Gasteiger partial charge in [0.25, 0.3) is 0 Å². The van der Waals surface area contributed by atoms with Crippen molar-refractivity contribution in [2.75, 3.05) is 0 Å². The monoisotopic (exact) mass is 301 g/mol. The van der Waals surface area contributed by atoms with E-state index in [9.17, 15) is 13.6 Å². The lowest BCUT2D eigenvalue weighted by atomic mass is 10.1. The molecule has 0 spiro atoms. The van der Waals surface area contributed by atoms with E-state index in [4.69, 9.17) is 0 Å². The first-order valence-electron chi connectivity index (χ1n) is 7.33. The van der Waals surface area contributed by atoms with Crippen LogP contribution in [0, 0.1) is 24.5 Å². The highest BCUT2D eigenvalue weighted by Crippen LogP contribution is 2.48. The maximum absolute atomic E-state index is 13.7. The maximum atomic E-state index is 13.7. The van der Waals surface area contributed by atoms with E-state index in [0.29, 0.717) is 17.5 Å². The van der Waals surface area contributed by atoms with Gasteiger partial charge in [-0.05, 0) is 48.1 Å². The molecule has 1 amide bonds. The third kappa shape index (κ3) is 3.01. The number of carbonyl (C=O) groups excluding carboxylic acids is 1. The number of carbonyl (C=O) groups is 1. The molecule has 2 nitrogen and oxygen atoms in total. The van der Waals surface area contributed by atoms with Crippen molar-refractivity contribution in [2.45, 2.75) is 25.8 Å². The average molecular weight is 301 g/mol. The first-order chi connectivity index (χ1) is 10.6. The minimum absolute atomic E-state index is 0.0454. The van der Waals surface area contributed by atoms with Crippen LogP contribution in [0.3, 0.4) is 0 Å². The second kappa shape index (κ2) is 5.87. The van der Waals surface area contributed by atoms with Gasteiger partial charge in [0.15, 0.2) is 0 Å². The van der Waals surface area contributed by atoms with Crippen molar-refractivity contribution >= 4 is 5.91 Å². The molecule has 0 radical (unpaired) electrons. The van der Waals surface area contributed by atoms with Crippen LogP contribution in [0.15, 0.2) is 42.5 Å². The molecule has 0 heterocycles. The molecule has 4 heteroatoms. The van der Waals surface area contributed by atoms with Crippen molar-refractivity contribution in [3.8, 4) is 0 Å². The van der Waals surface area contributed by atoms with Crippen molar-refractivity contribution in [3.63, 3.8) is 0 Å². The number of rotatable bonds is 4. The Kier molecular flexibility index (Phi) is 3.92. The summed E-state index contributed by atoms with van der Waals surface area (Å²) >= 11 is 0. The Morgan fingerprint density at radius 3 is 2.68 bits per heavy atom. The fourth-order valence-electron chi connectivity index (χ4n) is 2.67. The van der Waals surface area contributed by atoms with E-state index in [-0.39, 0.29) is 35.9 Å². The molecule has 1 saturated carbocycles. The molecule has 0 saturated heterocycles. The van der Waals surface area contributed by atoms with Crippen molar-refractivity contribution in [2.24, 2.45) is 5.92 Å². The first kappa shape index (κ1) is 14.7. The van der Waals surface area contributed by atoms with Crippen LogP contribution in [-0.2, 0) is 11.3 Å². The number of halogens is 2. The van der Waals surface area contributed by atoms with Gasteiger partial charge in [0, 0.05) is 12.5 Å². The molecule has 1 aliphatic rings. The lowest BCUT2D eigenvalue weighted by Crippen LogP contribution is -2.25. The zero-order valence-corrected chi connectivity index (χ0v) is 12.3. The number of benzene rings is 2. The van der Waals surface area contributed by atoms with Gasteiger partial charge < -0.3 is 5.32 Å². The van der Waals surface area contributed by atoms with Crippen LogP contribution in [-0.4, -0.2) is 5.91 Å². The highest BCUT2D eigenvalue weighted by atomic mass is 19.1. The van der Waals surface area contributed by atoms with Crippen molar-refractivity contribution in [1.82, 2.24) is 5.32 Å². The minimum atomic E-state index is -0.276. The molecule has 2 unspecified atom stereocenters. The molecule has 114 valence electrons. The van der Waals surface area contributed by atoms with Crippen LogP contribution in [0.2, 0.25) is 0 Å². The standard InChI is InChI=1S/C18H17F2NO/c1-11-6-7-12(8-17(11)20)10-21-18(22)15-9-14(15)13-4-2-3-5-16(13)19/h2-8,14-15H,9-10H2,1H3,(H,21,22). The molecular weight excluding hydrogens is 284 g/mol. The molecule has 1 fully saturated rings. The van der Waals surface area contributed by atoms with E-state index in [1.807, 2.05) is 0 Å². The van der Waals surface area contributed by atoms with Crippen LogP contribution in [0.4, 0.5) is 8.78 Å². The van der Waals surface area contributed by atoms with E-state index in [1.54, 1.807) is 37.3 Å². The van der Waals surface area contributed by atoms with Crippen molar-refractivity contribution < 1.29 is 13.6 Å². The number of hydrogen-bond acceptors (Lipinski definition) is 1. The van der Waals surface area contributed by atoms with Gasteiger partial charge in [0.2, 0.25) is 5.91 Å². The third-order valence-electron chi connectivity index (χ3n) is 4.13. The molecule has 2 aromatic carbocycles. The molecule has 1 N–H and O–H groups in total. The summed E-state index contributed by atoms with van der Waals surface area (Å²) in [6, 6.07) is 11.5. The van der Waals surface area contributed by atoms with Crippen LogP contribution in [0.1, 0.15) is 29.0 Å². The smallest absolute Gasteiger partial charge is 0.224 e. The van der Waals surface area contributed by atoms with Gasteiger partial charge in [-0.3, -0.25) is 4.79 Å².